The largest absolute Gasteiger partial charge is 0.488 e. The zero-order valence-corrected chi connectivity index (χ0v) is 17.5. The van der Waals surface area contributed by atoms with E-state index < -0.39 is 30.4 Å². The summed E-state index contributed by atoms with van der Waals surface area (Å²) < 4.78 is 26.7. The first-order chi connectivity index (χ1) is 15.6. The first-order valence-electron chi connectivity index (χ1n) is 10.9. The van der Waals surface area contributed by atoms with Crippen LogP contribution in [0.15, 0.2) is 36.9 Å². The van der Waals surface area contributed by atoms with E-state index >= 15 is 0 Å². The second-order valence-electron chi connectivity index (χ2n) is 8.31. The highest BCUT2D eigenvalue weighted by molar-refractivity contribution is 5.82. The summed E-state index contributed by atoms with van der Waals surface area (Å²) in [6, 6.07) is 6.34. The average Bonchev–Trinajstić information content (AvgIpc) is 3.36. The van der Waals surface area contributed by atoms with Crippen molar-refractivity contribution in [2.45, 2.75) is 62.7 Å². The van der Waals surface area contributed by atoms with E-state index in [1.165, 1.54) is 44.0 Å². The standard InChI is InChI=1S/C22H26FN5O4/c23-14-8-4-5-9-15(14)31-10-16-18(29)19(30)22(32-16)28-12-26-17-20(24-11-25-21(17)28)27-13-6-2-1-3-7-13/h4-5,8-9,11-13,16,18-19,22,29-30H,1-3,6-7,10H2,(H,24,25,27)/t16-,18+,19+,22-/m1/s1. The molecule has 0 amide bonds. The molecule has 1 saturated carbocycles. The molecular weight excluding hydrogens is 417 g/mol. The van der Waals surface area contributed by atoms with E-state index in [1.54, 1.807) is 16.7 Å². The number of aliphatic hydroxyl groups is 2. The molecule has 3 aromatic rings. The van der Waals surface area contributed by atoms with E-state index in [1.807, 2.05) is 0 Å². The predicted octanol–water partition coefficient (Wildman–Crippen LogP) is 2.41. The lowest BCUT2D eigenvalue weighted by Gasteiger charge is -2.23. The number of ether oxygens (including phenoxy) is 2. The normalized spacial score (nSPS) is 26.5. The fourth-order valence-corrected chi connectivity index (χ4v) is 4.41. The van der Waals surface area contributed by atoms with Crippen LogP contribution < -0.4 is 10.1 Å². The van der Waals surface area contributed by atoms with Crippen molar-refractivity contribution in [3.05, 3.63) is 42.7 Å². The van der Waals surface area contributed by atoms with Crippen LogP contribution in [-0.2, 0) is 4.74 Å². The van der Waals surface area contributed by atoms with Crippen molar-refractivity contribution in [1.29, 1.82) is 0 Å². The molecule has 0 unspecified atom stereocenters. The van der Waals surface area contributed by atoms with Crippen molar-refractivity contribution >= 4 is 17.0 Å². The van der Waals surface area contributed by atoms with Gasteiger partial charge in [-0.2, -0.15) is 0 Å². The van der Waals surface area contributed by atoms with Gasteiger partial charge in [0.05, 0.1) is 6.33 Å². The number of halogens is 1. The third-order valence-corrected chi connectivity index (χ3v) is 6.16. The van der Waals surface area contributed by atoms with Crippen LogP contribution in [0, 0.1) is 5.82 Å². The summed E-state index contributed by atoms with van der Waals surface area (Å²) in [6.07, 6.45) is 4.57. The number of aromatic nitrogens is 4. The molecule has 1 aliphatic carbocycles. The molecule has 4 atom stereocenters. The third kappa shape index (κ3) is 4.01. The quantitative estimate of drug-likeness (QED) is 0.532. The molecule has 9 nitrogen and oxygen atoms in total. The second-order valence-corrected chi connectivity index (χ2v) is 8.31. The highest BCUT2D eigenvalue weighted by Crippen LogP contribution is 2.33. The van der Waals surface area contributed by atoms with Gasteiger partial charge in [0.15, 0.2) is 34.8 Å². The van der Waals surface area contributed by atoms with Gasteiger partial charge in [-0.25, -0.2) is 19.3 Å². The van der Waals surface area contributed by atoms with Crippen LogP contribution in [0.5, 0.6) is 5.75 Å². The Balaban J connectivity index is 1.33. The summed E-state index contributed by atoms with van der Waals surface area (Å²) >= 11 is 0. The van der Waals surface area contributed by atoms with Crippen LogP contribution in [0.3, 0.4) is 0 Å². The molecule has 5 rings (SSSR count). The molecule has 2 fully saturated rings. The van der Waals surface area contributed by atoms with Crippen molar-refractivity contribution in [3.8, 4) is 5.75 Å². The number of hydrogen-bond acceptors (Lipinski definition) is 8. The van der Waals surface area contributed by atoms with E-state index in [0.717, 1.165) is 12.8 Å². The zero-order valence-electron chi connectivity index (χ0n) is 17.5. The number of fused-ring (bicyclic) bond motifs is 1. The lowest BCUT2D eigenvalue weighted by atomic mass is 9.95. The fraction of sp³-hybridized carbons (Fsp3) is 0.500. The van der Waals surface area contributed by atoms with Gasteiger partial charge < -0.3 is 25.0 Å². The zero-order chi connectivity index (χ0) is 22.1. The molecule has 1 saturated heterocycles. The number of rotatable bonds is 6. The Kier molecular flexibility index (Phi) is 5.90. The van der Waals surface area contributed by atoms with Gasteiger partial charge in [-0.3, -0.25) is 4.57 Å². The Bertz CT molecular complexity index is 1070. The molecule has 2 aliphatic rings. The smallest absolute Gasteiger partial charge is 0.167 e. The molecule has 0 spiro atoms. The average molecular weight is 443 g/mol. The van der Waals surface area contributed by atoms with E-state index in [9.17, 15) is 14.6 Å². The molecule has 3 heterocycles. The lowest BCUT2D eigenvalue weighted by molar-refractivity contribution is -0.0477. The fourth-order valence-electron chi connectivity index (χ4n) is 4.41. The summed E-state index contributed by atoms with van der Waals surface area (Å²) in [5, 5.41) is 24.6. The number of aliphatic hydroxyl groups excluding tert-OH is 2. The Morgan fingerprint density at radius 3 is 2.72 bits per heavy atom. The second kappa shape index (κ2) is 8.97. The monoisotopic (exact) mass is 443 g/mol. The first kappa shape index (κ1) is 21.0. The Morgan fingerprint density at radius 2 is 1.91 bits per heavy atom. The maximum Gasteiger partial charge on any atom is 0.167 e. The summed E-state index contributed by atoms with van der Waals surface area (Å²) in [5.41, 5.74) is 1.07. The molecule has 1 aromatic carbocycles. The molecule has 0 bridgehead atoms. The van der Waals surface area contributed by atoms with Crippen molar-refractivity contribution in [2.75, 3.05) is 11.9 Å². The van der Waals surface area contributed by atoms with E-state index in [2.05, 4.69) is 20.3 Å². The summed E-state index contributed by atoms with van der Waals surface area (Å²) in [5.74, 6) is 0.195. The number of imidazole rings is 1. The van der Waals surface area contributed by atoms with Crippen molar-refractivity contribution in [1.82, 2.24) is 19.5 Å². The summed E-state index contributed by atoms with van der Waals surface area (Å²) in [7, 11) is 0. The van der Waals surface area contributed by atoms with Gasteiger partial charge in [0.1, 0.15) is 31.2 Å². The van der Waals surface area contributed by atoms with E-state index in [0.29, 0.717) is 23.0 Å². The minimum atomic E-state index is -1.23. The Morgan fingerprint density at radius 1 is 1.09 bits per heavy atom. The van der Waals surface area contributed by atoms with Gasteiger partial charge in [0.25, 0.3) is 0 Å². The van der Waals surface area contributed by atoms with Crippen molar-refractivity contribution in [3.63, 3.8) is 0 Å². The van der Waals surface area contributed by atoms with Gasteiger partial charge in [-0.15, -0.1) is 0 Å². The molecule has 3 N–H and O–H groups in total. The molecule has 170 valence electrons. The summed E-state index contributed by atoms with van der Waals surface area (Å²) in [4.78, 5) is 13.1. The van der Waals surface area contributed by atoms with Gasteiger partial charge in [0, 0.05) is 6.04 Å². The highest BCUT2D eigenvalue weighted by Gasteiger charge is 2.44. The van der Waals surface area contributed by atoms with Crippen molar-refractivity contribution < 1.29 is 24.1 Å². The van der Waals surface area contributed by atoms with Crippen LogP contribution in [0.4, 0.5) is 10.2 Å². The van der Waals surface area contributed by atoms with Crippen LogP contribution in [-0.4, -0.2) is 60.7 Å². The number of para-hydroxylation sites is 1. The van der Waals surface area contributed by atoms with Gasteiger partial charge in [-0.1, -0.05) is 31.4 Å². The molecule has 1 aliphatic heterocycles. The minimum absolute atomic E-state index is 0.0560. The molecule has 2 aromatic heterocycles. The van der Waals surface area contributed by atoms with Gasteiger partial charge in [-0.05, 0) is 25.0 Å². The number of nitrogens with one attached hydrogen (secondary N) is 1. The topological polar surface area (TPSA) is 115 Å². The van der Waals surface area contributed by atoms with Crippen molar-refractivity contribution in [2.24, 2.45) is 0 Å². The number of benzene rings is 1. The highest BCUT2D eigenvalue weighted by atomic mass is 19.1. The SMILES string of the molecule is O[C@@H]1[C@H](O)[C@H](n2cnc3c(NC4CCCCC4)ncnc32)O[C@@H]1COc1ccccc1F. The lowest BCUT2D eigenvalue weighted by Crippen LogP contribution is -2.34. The predicted molar refractivity (Wildman–Crippen MR) is 114 cm³/mol. The van der Waals surface area contributed by atoms with Crippen LogP contribution in [0.1, 0.15) is 38.3 Å². The minimum Gasteiger partial charge on any atom is -0.488 e. The summed E-state index contributed by atoms with van der Waals surface area (Å²) in [6.45, 7) is -0.119. The Hall–Kier alpha value is -2.82. The molecule has 10 heteroatoms. The maximum atomic E-state index is 13.8. The molecule has 32 heavy (non-hydrogen) atoms. The Labute approximate surface area is 184 Å². The van der Waals surface area contributed by atoms with Gasteiger partial charge in [0.2, 0.25) is 0 Å². The van der Waals surface area contributed by atoms with E-state index in [4.69, 9.17) is 9.47 Å². The van der Waals surface area contributed by atoms with Crippen LogP contribution in [0.2, 0.25) is 0 Å². The third-order valence-electron chi connectivity index (χ3n) is 6.16. The first-order valence-corrected chi connectivity index (χ1v) is 10.9. The number of nitrogens with zero attached hydrogens (tertiary/aromatic N) is 4. The van der Waals surface area contributed by atoms with Gasteiger partial charge >= 0.3 is 0 Å². The van der Waals surface area contributed by atoms with Crippen LogP contribution in [0.25, 0.3) is 11.2 Å². The van der Waals surface area contributed by atoms with E-state index in [-0.39, 0.29) is 12.4 Å². The number of hydrogen-bond donors (Lipinski definition) is 3. The molecule has 0 radical (unpaired) electrons. The molecular formula is C22H26FN5O4. The maximum absolute atomic E-state index is 13.8. The number of anilines is 1. The van der Waals surface area contributed by atoms with Crippen LogP contribution >= 0.6 is 0 Å².